The van der Waals surface area contributed by atoms with E-state index in [1.165, 1.54) is 11.0 Å². The van der Waals surface area contributed by atoms with Gasteiger partial charge in [-0.2, -0.15) is 9.90 Å². The van der Waals surface area contributed by atoms with Crippen molar-refractivity contribution in [1.82, 2.24) is 35.2 Å². The number of nitrogens with two attached hydrogens (primary N) is 1. The fourth-order valence-electron chi connectivity index (χ4n) is 1.23. The number of nitrogen functional groups attached to an aromatic ring is 1. The van der Waals surface area contributed by atoms with Crippen molar-refractivity contribution in [3.05, 3.63) is 12.0 Å². The van der Waals surface area contributed by atoms with Crippen LogP contribution < -0.4 is 5.73 Å². The van der Waals surface area contributed by atoms with E-state index in [9.17, 15) is 0 Å². The molecule has 0 spiro atoms. The number of aromatic nitrogens is 7. The van der Waals surface area contributed by atoms with Crippen LogP contribution >= 0.6 is 0 Å². The quantitative estimate of drug-likeness (QED) is 0.728. The second-order valence-electron chi connectivity index (χ2n) is 3.43. The largest absolute Gasteiger partial charge is 0.381 e. The van der Waals surface area contributed by atoms with E-state index in [0.29, 0.717) is 18.2 Å². The Kier molecular flexibility index (Phi) is 2.32. The van der Waals surface area contributed by atoms with Crippen LogP contribution in [-0.4, -0.2) is 35.2 Å². The summed E-state index contributed by atoms with van der Waals surface area (Å²) in [6, 6.07) is 0.211. The molecule has 0 aliphatic heterocycles. The Morgan fingerprint density at radius 1 is 1.47 bits per heavy atom. The SMILES string of the molecule is CC(C)n1nnnc1Cn1ncc(N)n1. The van der Waals surface area contributed by atoms with E-state index < -0.39 is 0 Å². The molecule has 0 atom stereocenters. The first kappa shape index (κ1) is 9.56. The van der Waals surface area contributed by atoms with Crippen LogP contribution in [0.4, 0.5) is 5.82 Å². The average Bonchev–Trinajstić information content (AvgIpc) is 2.75. The van der Waals surface area contributed by atoms with E-state index in [-0.39, 0.29) is 6.04 Å². The Hall–Kier alpha value is -1.99. The summed E-state index contributed by atoms with van der Waals surface area (Å²) in [5.74, 6) is 1.10. The van der Waals surface area contributed by atoms with Gasteiger partial charge < -0.3 is 5.73 Å². The topological polar surface area (TPSA) is 100 Å². The van der Waals surface area contributed by atoms with Crippen molar-refractivity contribution in [2.75, 3.05) is 5.73 Å². The van der Waals surface area contributed by atoms with Gasteiger partial charge in [-0.05, 0) is 24.3 Å². The molecule has 0 unspecified atom stereocenters. The van der Waals surface area contributed by atoms with Crippen LogP contribution in [0.3, 0.4) is 0 Å². The summed E-state index contributed by atoms with van der Waals surface area (Å²) in [5, 5.41) is 19.3. The summed E-state index contributed by atoms with van der Waals surface area (Å²) in [4.78, 5) is 1.46. The summed E-state index contributed by atoms with van der Waals surface area (Å²) in [7, 11) is 0. The number of hydrogen-bond acceptors (Lipinski definition) is 6. The highest BCUT2D eigenvalue weighted by molar-refractivity contribution is 5.19. The first-order valence-corrected chi connectivity index (χ1v) is 4.59. The normalized spacial score (nSPS) is 11.1. The van der Waals surface area contributed by atoms with Gasteiger partial charge in [-0.25, -0.2) is 4.68 Å². The molecule has 0 saturated heterocycles. The molecule has 2 aromatic rings. The van der Waals surface area contributed by atoms with Crippen molar-refractivity contribution in [1.29, 1.82) is 0 Å². The van der Waals surface area contributed by atoms with Crippen molar-refractivity contribution in [2.24, 2.45) is 0 Å². The van der Waals surface area contributed by atoms with Crippen LogP contribution in [0, 0.1) is 0 Å². The predicted octanol–water partition coefficient (Wildman–Crippen LogP) is -0.524. The molecule has 0 saturated carbocycles. The molecule has 0 amide bonds. The maximum Gasteiger partial charge on any atom is 0.174 e. The summed E-state index contributed by atoms with van der Waals surface area (Å²) in [5.41, 5.74) is 5.45. The molecule has 8 nitrogen and oxygen atoms in total. The van der Waals surface area contributed by atoms with Gasteiger partial charge in [0, 0.05) is 0 Å². The van der Waals surface area contributed by atoms with E-state index in [2.05, 4.69) is 25.7 Å². The van der Waals surface area contributed by atoms with E-state index in [1.54, 1.807) is 4.68 Å². The van der Waals surface area contributed by atoms with E-state index >= 15 is 0 Å². The van der Waals surface area contributed by atoms with Crippen molar-refractivity contribution in [3.8, 4) is 0 Å². The minimum absolute atomic E-state index is 0.211. The van der Waals surface area contributed by atoms with Crippen molar-refractivity contribution < 1.29 is 0 Å². The maximum atomic E-state index is 5.45. The average molecular weight is 208 g/mol. The second kappa shape index (κ2) is 3.64. The third-order valence-electron chi connectivity index (χ3n) is 1.89. The lowest BCUT2D eigenvalue weighted by Crippen LogP contribution is -2.13. The Labute approximate surface area is 86.1 Å². The van der Waals surface area contributed by atoms with Crippen molar-refractivity contribution >= 4 is 5.82 Å². The standard InChI is InChI=1S/C7H12N8/c1-5(2)15-7(10-12-13-15)4-14-9-3-6(8)11-14/h3,5H,4H2,1-2H3,(H2,8,11). The van der Waals surface area contributed by atoms with Gasteiger partial charge in [0.15, 0.2) is 11.6 Å². The van der Waals surface area contributed by atoms with Crippen molar-refractivity contribution in [3.63, 3.8) is 0 Å². The molecule has 80 valence electrons. The third kappa shape index (κ3) is 1.92. The zero-order valence-corrected chi connectivity index (χ0v) is 8.57. The van der Waals surface area contributed by atoms with Gasteiger partial charge in [-0.15, -0.1) is 10.2 Å². The van der Waals surface area contributed by atoms with Crippen LogP contribution in [0.1, 0.15) is 25.7 Å². The highest BCUT2D eigenvalue weighted by Crippen LogP contribution is 2.05. The monoisotopic (exact) mass is 208 g/mol. The first-order chi connectivity index (χ1) is 7.16. The van der Waals surface area contributed by atoms with Gasteiger partial charge in [0.2, 0.25) is 0 Å². The number of tetrazole rings is 1. The third-order valence-corrected chi connectivity index (χ3v) is 1.89. The number of nitrogens with zero attached hydrogens (tertiary/aromatic N) is 7. The molecule has 0 aliphatic carbocycles. The molecule has 2 heterocycles. The minimum Gasteiger partial charge on any atom is -0.381 e. The number of anilines is 1. The van der Waals surface area contributed by atoms with E-state index in [1.807, 2.05) is 13.8 Å². The molecule has 2 N–H and O–H groups in total. The molecule has 8 heteroatoms. The zero-order valence-electron chi connectivity index (χ0n) is 8.57. The predicted molar refractivity (Wildman–Crippen MR) is 51.7 cm³/mol. The number of hydrogen-bond donors (Lipinski definition) is 1. The first-order valence-electron chi connectivity index (χ1n) is 4.59. The van der Waals surface area contributed by atoms with Crippen LogP contribution in [0.25, 0.3) is 0 Å². The fourth-order valence-corrected chi connectivity index (χ4v) is 1.23. The van der Waals surface area contributed by atoms with Crippen LogP contribution in [0.2, 0.25) is 0 Å². The minimum atomic E-state index is 0.211. The Morgan fingerprint density at radius 2 is 2.27 bits per heavy atom. The molecule has 0 aliphatic rings. The molecule has 0 fully saturated rings. The lowest BCUT2D eigenvalue weighted by molar-refractivity contribution is 0.467. The highest BCUT2D eigenvalue weighted by atomic mass is 15.6. The van der Waals surface area contributed by atoms with Crippen LogP contribution in [0.15, 0.2) is 6.20 Å². The lowest BCUT2D eigenvalue weighted by atomic mass is 10.4. The molecule has 0 radical (unpaired) electrons. The molecular formula is C7H12N8. The van der Waals surface area contributed by atoms with Gasteiger partial charge in [-0.3, -0.25) is 0 Å². The van der Waals surface area contributed by atoms with Crippen LogP contribution in [-0.2, 0) is 6.54 Å². The van der Waals surface area contributed by atoms with Gasteiger partial charge in [0.05, 0.1) is 12.2 Å². The molecular weight excluding hydrogens is 196 g/mol. The Balaban J connectivity index is 2.20. The lowest BCUT2D eigenvalue weighted by Gasteiger charge is -2.06. The Bertz CT molecular complexity index is 441. The zero-order chi connectivity index (χ0) is 10.8. The second-order valence-corrected chi connectivity index (χ2v) is 3.43. The summed E-state index contributed by atoms with van der Waals surface area (Å²) < 4.78 is 1.72. The van der Waals surface area contributed by atoms with Crippen LogP contribution in [0.5, 0.6) is 0 Å². The van der Waals surface area contributed by atoms with Gasteiger partial charge in [0.1, 0.15) is 6.54 Å². The summed E-state index contributed by atoms with van der Waals surface area (Å²) in [6.07, 6.45) is 1.49. The molecule has 0 bridgehead atoms. The number of rotatable bonds is 3. The van der Waals surface area contributed by atoms with E-state index in [0.717, 1.165) is 0 Å². The maximum absolute atomic E-state index is 5.45. The molecule has 0 aromatic carbocycles. The molecule has 2 rings (SSSR count). The van der Waals surface area contributed by atoms with Crippen molar-refractivity contribution in [2.45, 2.75) is 26.4 Å². The Morgan fingerprint density at radius 3 is 2.87 bits per heavy atom. The van der Waals surface area contributed by atoms with Gasteiger partial charge >= 0.3 is 0 Å². The van der Waals surface area contributed by atoms with Gasteiger partial charge in [0.25, 0.3) is 0 Å². The highest BCUT2D eigenvalue weighted by Gasteiger charge is 2.10. The smallest absolute Gasteiger partial charge is 0.174 e. The summed E-state index contributed by atoms with van der Waals surface area (Å²) in [6.45, 7) is 4.43. The molecule has 2 aromatic heterocycles. The molecule has 15 heavy (non-hydrogen) atoms. The summed E-state index contributed by atoms with van der Waals surface area (Å²) >= 11 is 0. The van der Waals surface area contributed by atoms with E-state index in [4.69, 9.17) is 5.73 Å². The fraction of sp³-hybridized carbons (Fsp3) is 0.571. The van der Waals surface area contributed by atoms with Gasteiger partial charge in [-0.1, -0.05) is 0 Å².